The molecule has 0 unspecified atom stereocenters. The minimum Gasteiger partial charge on any atom is -0.393 e. The van der Waals surface area contributed by atoms with E-state index in [-0.39, 0.29) is 11.9 Å². The van der Waals surface area contributed by atoms with E-state index >= 15 is 0 Å². The van der Waals surface area contributed by atoms with Crippen LogP contribution in [0.25, 0.3) is 5.57 Å². The van der Waals surface area contributed by atoms with Gasteiger partial charge in [-0.2, -0.15) is 13.2 Å². The molecule has 0 aromatic heterocycles. The van der Waals surface area contributed by atoms with Crippen molar-refractivity contribution < 1.29 is 22.7 Å². The zero-order valence-electron chi connectivity index (χ0n) is 17.6. The molecule has 2 fully saturated rings. The number of aliphatic hydroxyl groups excluding tert-OH is 1. The number of hydrogen-bond acceptors (Lipinski definition) is 3. The highest BCUT2D eigenvalue weighted by Gasteiger charge is 2.34. The molecule has 1 N–H and O–H groups in total. The van der Waals surface area contributed by atoms with Gasteiger partial charge >= 0.3 is 6.18 Å². The number of benzene rings is 2. The topological polar surface area (TPSA) is 23.5 Å². The molecule has 2 aromatic rings. The van der Waals surface area contributed by atoms with E-state index in [4.69, 9.17) is 0 Å². The smallest absolute Gasteiger partial charge is 0.393 e. The molecule has 0 amide bonds. The number of likely N-dealkylation sites (tertiary alicyclic amines) is 1. The number of fused-ring (bicyclic) bond motifs is 2. The van der Waals surface area contributed by atoms with Gasteiger partial charge in [0.2, 0.25) is 0 Å². The van der Waals surface area contributed by atoms with Crippen molar-refractivity contribution in [2.24, 2.45) is 0 Å². The maximum absolute atomic E-state index is 13.9. The zero-order chi connectivity index (χ0) is 22.5. The summed E-state index contributed by atoms with van der Waals surface area (Å²) in [7, 11) is 0. The van der Waals surface area contributed by atoms with E-state index in [1.807, 2.05) is 0 Å². The molecule has 0 bridgehead atoms. The lowest BCUT2D eigenvalue weighted by Crippen LogP contribution is -2.42. The Labute approximate surface area is 189 Å². The fourth-order valence-electron chi connectivity index (χ4n) is 5.25. The summed E-state index contributed by atoms with van der Waals surface area (Å²) in [6.45, 7) is 1.72. The van der Waals surface area contributed by atoms with Crippen LogP contribution in [0.15, 0.2) is 51.8 Å². The number of aliphatic hydroxyl groups is 1. The van der Waals surface area contributed by atoms with Gasteiger partial charge in [0.1, 0.15) is 5.82 Å². The molecule has 0 radical (unpaired) electrons. The summed E-state index contributed by atoms with van der Waals surface area (Å²) in [5.74, 6) is -0.342. The second kappa shape index (κ2) is 8.50. The third kappa shape index (κ3) is 4.22. The summed E-state index contributed by atoms with van der Waals surface area (Å²) in [5, 5.41) is 9.79. The molecule has 1 saturated heterocycles. The van der Waals surface area contributed by atoms with Gasteiger partial charge in [-0.05, 0) is 85.6 Å². The minimum atomic E-state index is -4.41. The lowest BCUT2D eigenvalue weighted by molar-refractivity contribution is -0.137. The van der Waals surface area contributed by atoms with Crippen molar-refractivity contribution in [3.63, 3.8) is 0 Å². The molecular weight excluding hydrogens is 438 g/mol. The van der Waals surface area contributed by atoms with Crippen LogP contribution in [0.3, 0.4) is 0 Å². The first-order chi connectivity index (χ1) is 15.3. The van der Waals surface area contributed by atoms with Crippen LogP contribution in [-0.2, 0) is 6.18 Å². The SMILES string of the molecule is OC1CCC(N2CCC(=C3c4ccc(F)cc4Sc4ccc(C(F)(F)F)cc43)CC2)CC1. The fourth-order valence-corrected chi connectivity index (χ4v) is 6.35. The molecule has 1 aliphatic carbocycles. The van der Waals surface area contributed by atoms with Gasteiger partial charge in [0, 0.05) is 28.9 Å². The second-order valence-electron chi connectivity index (χ2n) is 8.93. The summed E-state index contributed by atoms with van der Waals surface area (Å²) in [6.07, 6.45) is 0.611. The van der Waals surface area contributed by atoms with E-state index in [1.54, 1.807) is 6.07 Å². The lowest BCUT2D eigenvalue weighted by Gasteiger charge is -2.39. The molecule has 2 nitrogen and oxygen atoms in total. The summed E-state index contributed by atoms with van der Waals surface area (Å²) >= 11 is 1.33. The Morgan fingerprint density at radius 2 is 1.59 bits per heavy atom. The van der Waals surface area contributed by atoms with Crippen LogP contribution < -0.4 is 0 Å². The van der Waals surface area contributed by atoms with Gasteiger partial charge in [-0.3, -0.25) is 4.90 Å². The Kier molecular flexibility index (Phi) is 5.84. The van der Waals surface area contributed by atoms with Crippen molar-refractivity contribution in [2.75, 3.05) is 13.1 Å². The predicted octanol–water partition coefficient (Wildman–Crippen LogP) is 6.51. The molecule has 32 heavy (non-hydrogen) atoms. The molecule has 5 rings (SSSR count). The summed E-state index contributed by atoms with van der Waals surface area (Å²) in [4.78, 5) is 3.96. The lowest BCUT2D eigenvalue weighted by atomic mass is 9.85. The van der Waals surface area contributed by atoms with Crippen molar-refractivity contribution in [1.82, 2.24) is 4.90 Å². The third-order valence-electron chi connectivity index (χ3n) is 6.95. The van der Waals surface area contributed by atoms with Crippen molar-refractivity contribution in [1.29, 1.82) is 0 Å². The highest BCUT2D eigenvalue weighted by Crippen LogP contribution is 2.49. The molecule has 0 atom stereocenters. The van der Waals surface area contributed by atoms with E-state index in [0.29, 0.717) is 11.6 Å². The van der Waals surface area contributed by atoms with E-state index in [2.05, 4.69) is 4.90 Å². The molecule has 2 aromatic carbocycles. The van der Waals surface area contributed by atoms with Crippen LogP contribution in [0.2, 0.25) is 0 Å². The van der Waals surface area contributed by atoms with Gasteiger partial charge in [0.05, 0.1) is 11.7 Å². The van der Waals surface area contributed by atoms with Crippen molar-refractivity contribution in [3.05, 3.63) is 64.5 Å². The molecule has 2 aliphatic heterocycles. The number of hydrogen-bond donors (Lipinski definition) is 1. The number of alkyl halides is 3. The van der Waals surface area contributed by atoms with Gasteiger partial charge in [0.15, 0.2) is 0 Å². The van der Waals surface area contributed by atoms with E-state index < -0.39 is 11.7 Å². The second-order valence-corrected chi connectivity index (χ2v) is 10.0. The van der Waals surface area contributed by atoms with E-state index in [1.165, 1.54) is 36.0 Å². The summed E-state index contributed by atoms with van der Waals surface area (Å²) in [6, 6.07) is 8.92. The molecular formula is C25H25F4NOS. The Balaban J connectivity index is 1.51. The molecule has 3 aliphatic rings. The predicted molar refractivity (Wildman–Crippen MR) is 117 cm³/mol. The highest BCUT2D eigenvalue weighted by atomic mass is 32.2. The first-order valence-corrected chi connectivity index (χ1v) is 11.9. The highest BCUT2D eigenvalue weighted by molar-refractivity contribution is 7.99. The van der Waals surface area contributed by atoms with E-state index in [0.717, 1.165) is 84.2 Å². The third-order valence-corrected chi connectivity index (χ3v) is 8.08. The van der Waals surface area contributed by atoms with Crippen LogP contribution >= 0.6 is 11.8 Å². The maximum Gasteiger partial charge on any atom is 0.416 e. The molecule has 0 spiro atoms. The van der Waals surface area contributed by atoms with Crippen LogP contribution in [0.4, 0.5) is 17.6 Å². The number of rotatable bonds is 1. The molecule has 7 heteroatoms. The normalized spacial score (nSPS) is 24.3. The molecule has 1 saturated carbocycles. The Hall–Kier alpha value is -1.83. The van der Waals surface area contributed by atoms with Gasteiger partial charge in [0.25, 0.3) is 0 Å². The van der Waals surface area contributed by atoms with Gasteiger partial charge < -0.3 is 5.11 Å². The van der Waals surface area contributed by atoms with Crippen LogP contribution in [0.1, 0.15) is 55.2 Å². The number of halogens is 4. The first kappa shape index (κ1) is 22.0. The number of piperidine rings is 1. The fraction of sp³-hybridized carbons (Fsp3) is 0.440. The average Bonchev–Trinajstić information content (AvgIpc) is 2.77. The molecule has 170 valence electrons. The van der Waals surface area contributed by atoms with Gasteiger partial charge in [-0.1, -0.05) is 23.4 Å². The Bertz CT molecular complexity index is 1050. The Morgan fingerprint density at radius 3 is 2.28 bits per heavy atom. The Morgan fingerprint density at radius 1 is 0.875 bits per heavy atom. The van der Waals surface area contributed by atoms with Crippen LogP contribution in [-0.4, -0.2) is 35.2 Å². The average molecular weight is 464 g/mol. The van der Waals surface area contributed by atoms with Crippen molar-refractivity contribution in [2.45, 2.75) is 66.6 Å². The van der Waals surface area contributed by atoms with Gasteiger partial charge in [-0.25, -0.2) is 4.39 Å². The maximum atomic E-state index is 13.9. The quantitative estimate of drug-likeness (QED) is 0.416. The summed E-state index contributed by atoms with van der Waals surface area (Å²) < 4.78 is 54.3. The first-order valence-electron chi connectivity index (χ1n) is 11.1. The van der Waals surface area contributed by atoms with Crippen LogP contribution in [0.5, 0.6) is 0 Å². The zero-order valence-corrected chi connectivity index (χ0v) is 18.4. The van der Waals surface area contributed by atoms with Crippen molar-refractivity contribution >= 4 is 17.3 Å². The van der Waals surface area contributed by atoms with Gasteiger partial charge in [-0.15, -0.1) is 0 Å². The molecule has 2 heterocycles. The monoisotopic (exact) mass is 463 g/mol. The summed E-state index contributed by atoms with van der Waals surface area (Å²) in [5.41, 5.74) is 2.77. The van der Waals surface area contributed by atoms with E-state index in [9.17, 15) is 22.7 Å². The number of nitrogens with zero attached hydrogens (tertiary/aromatic N) is 1. The van der Waals surface area contributed by atoms with Crippen molar-refractivity contribution in [3.8, 4) is 0 Å². The standard InChI is InChI=1S/C25H25F4NOS/c26-17-2-7-20-23(14-17)32-22-8-1-16(25(27,28)29)13-21(22)24(20)15-9-11-30(12-10-15)18-3-5-19(31)6-4-18/h1-2,7-8,13-14,18-19,31H,3-6,9-12H2. The minimum absolute atomic E-state index is 0.190. The van der Waals surface area contributed by atoms with Crippen LogP contribution in [0, 0.1) is 5.82 Å². The largest absolute Gasteiger partial charge is 0.416 e.